The molecule has 0 bridgehead atoms. The van der Waals surface area contributed by atoms with E-state index in [0.717, 1.165) is 18.2 Å². The van der Waals surface area contributed by atoms with Crippen LogP contribution < -0.4 is 5.32 Å². The number of rotatable bonds is 3. The molecule has 2 aliphatic heterocycles. The Kier molecular flexibility index (Phi) is 4.55. The molecule has 1 saturated heterocycles. The molecule has 2 N–H and O–H groups in total. The van der Waals surface area contributed by atoms with Crippen molar-refractivity contribution in [1.29, 1.82) is 0 Å². The molecule has 0 aromatic heterocycles. The number of amides is 2. The number of carbonyl (C=O) groups is 2. The molecule has 7 nitrogen and oxygen atoms in total. The van der Waals surface area contributed by atoms with E-state index in [9.17, 15) is 23.1 Å². The first kappa shape index (κ1) is 15.8. The molecule has 2 amide bonds. The third kappa shape index (κ3) is 3.75. The Morgan fingerprint density at radius 3 is 2.67 bits per heavy atom. The van der Waals surface area contributed by atoms with Gasteiger partial charge in [0.1, 0.15) is 6.04 Å². The average Bonchev–Trinajstić information content (AvgIpc) is 2.77. The molecule has 2 aliphatic rings. The van der Waals surface area contributed by atoms with E-state index in [1.165, 1.54) is 11.0 Å². The second kappa shape index (κ2) is 6.05. The van der Waals surface area contributed by atoms with Crippen LogP contribution in [-0.2, 0) is 14.6 Å². The van der Waals surface area contributed by atoms with Gasteiger partial charge in [-0.25, -0.2) is 18.0 Å². The van der Waals surface area contributed by atoms with Crippen molar-refractivity contribution in [3.8, 4) is 0 Å². The van der Waals surface area contributed by atoms with Crippen LogP contribution >= 0.6 is 0 Å². The predicted octanol–water partition coefficient (Wildman–Crippen LogP) is 0.582. The van der Waals surface area contributed by atoms with E-state index in [0.29, 0.717) is 18.9 Å². The van der Waals surface area contributed by atoms with Gasteiger partial charge < -0.3 is 15.3 Å². The first-order chi connectivity index (χ1) is 9.82. The van der Waals surface area contributed by atoms with Crippen LogP contribution in [-0.4, -0.2) is 54.8 Å². The van der Waals surface area contributed by atoms with Crippen LogP contribution in [0.4, 0.5) is 4.79 Å². The summed E-state index contributed by atoms with van der Waals surface area (Å²) in [4.78, 5) is 24.8. The van der Waals surface area contributed by atoms with Crippen molar-refractivity contribution >= 4 is 21.8 Å². The van der Waals surface area contributed by atoms with E-state index in [4.69, 9.17) is 0 Å². The second-order valence-corrected chi connectivity index (χ2v) is 7.49. The molecule has 2 heterocycles. The van der Waals surface area contributed by atoms with Crippen molar-refractivity contribution < 1.29 is 23.1 Å². The molecule has 0 saturated carbocycles. The maximum Gasteiger partial charge on any atom is 0.326 e. The SMILES string of the molecule is CCC1CCN(C(=O)NC2C=CS(=O)(=O)C2)C(C(=O)O)C1. The molecule has 0 aromatic carbocycles. The van der Waals surface area contributed by atoms with Gasteiger partial charge in [0.25, 0.3) is 0 Å². The van der Waals surface area contributed by atoms with Crippen LogP contribution in [0.5, 0.6) is 0 Å². The quantitative estimate of drug-likeness (QED) is 0.792. The lowest BCUT2D eigenvalue weighted by molar-refractivity contribution is -0.144. The number of carbonyl (C=O) groups excluding carboxylic acids is 1. The Hall–Kier alpha value is -1.57. The monoisotopic (exact) mass is 316 g/mol. The van der Waals surface area contributed by atoms with Crippen molar-refractivity contribution in [2.45, 2.75) is 38.3 Å². The fraction of sp³-hybridized carbons (Fsp3) is 0.692. The van der Waals surface area contributed by atoms with Gasteiger partial charge in [-0.1, -0.05) is 13.3 Å². The largest absolute Gasteiger partial charge is 0.480 e. The van der Waals surface area contributed by atoms with Crippen molar-refractivity contribution in [2.24, 2.45) is 5.92 Å². The highest BCUT2D eigenvalue weighted by atomic mass is 32.2. The summed E-state index contributed by atoms with van der Waals surface area (Å²) in [6.45, 7) is 2.39. The van der Waals surface area contributed by atoms with Gasteiger partial charge in [0, 0.05) is 12.0 Å². The summed E-state index contributed by atoms with van der Waals surface area (Å²) in [5.74, 6) is -0.873. The molecule has 2 rings (SSSR count). The summed E-state index contributed by atoms with van der Waals surface area (Å²) in [5, 5.41) is 12.9. The van der Waals surface area contributed by atoms with Gasteiger partial charge >= 0.3 is 12.0 Å². The lowest BCUT2D eigenvalue weighted by Crippen LogP contribution is -2.55. The van der Waals surface area contributed by atoms with Crippen molar-refractivity contribution in [2.75, 3.05) is 12.3 Å². The Morgan fingerprint density at radius 1 is 1.43 bits per heavy atom. The summed E-state index contributed by atoms with van der Waals surface area (Å²) in [6.07, 6.45) is 3.52. The number of hydrogen-bond donors (Lipinski definition) is 2. The van der Waals surface area contributed by atoms with E-state index in [-0.39, 0.29) is 5.75 Å². The van der Waals surface area contributed by atoms with Gasteiger partial charge in [-0.2, -0.15) is 0 Å². The molecule has 0 radical (unpaired) electrons. The molecular weight excluding hydrogens is 296 g/mol. The highest BCUT2D eigenvalue weighted by Gasteiger charge is 2.36. The lowest BCUT2D eigenvalue weighted by atomic mass is 9.89. The smallest absolute Gasteiger partial charge is 0.326 e. The molecule has 3 unspecified atom stereocenters. The van der Waals surface area contributed by atoms with Crippen molar-refractivity contribution in [3.63, 3.8) is 0 Å². The molecule has 1 fully saturated rings. The van der Waals surface area contributed by atoms with Crippen LogP contribution in [0.1, 0.15) is 26.2 Å². The standard InChI is InChI=1S/C13H20N2O5S/c1-2-9-3-5-15(11(7-9)12(16)17)13(18)14-10-4-6-21(19,20)8-10/h4,6,9-11H,2-3,5,7-8H2,1H3,(H,14,18)(H,16,17). The van der Waals surface area contributed by atoms with Crippen LogP contribution in [0.3, 0.4) is 0 Å². The van der Waals surface area contributed by atoms with Gasteiger partial charge in [0.05, 0.1) is 11.8 Å². The highest BCUT2D eigenvalue weighted by molar-refractivity contribution is 7.94. The molecule has 0 aliphatic carbocycles. The number of nitrogens with one attached hydrogen (secondary N) is 1. The van der Waals surface area contributed by atoms with Crippen LogP contribution in [0.15, 0.2) is 11.5 Å². The van der Waals surface area contributed by atoms with E-state index in [1.54, 1.807) is 0 Å². The molecule has 3 atom stereocenters. The van der Waals surface area contributed by atoms with Crippen LogP contribution in [0, 0.1) is 5.92 Å². The van der Waals surface area contributed by atoms with E-state index in [2.05, 4.69) is 5.32 Å². The number of piperidine rings is 1. The topological polar surface area (TPSA) is 104 Å². The third-order valence-corrected chi connectivity index (χ3v) is 5.47. The minimum Gasteiger partial charge on any atom is -0.480 e. The van der Waals surface area contributed by atoms with Gasteiger partial charge in [-0.3, -0.25) is 0 Å². The fourth-order valence-corrected chi connectivity index (χ4v) is 4.03. The third-order valence-electron chi connectivity index (χ3n) is 4.07. The first-order valence-corrected chi connectivity index (χ1v) is 8.75. The van der Waals surface area contributed by atoms with Crippen LogP contribution in [0.25, 0.3) is 0 Å². The number of carboxylic acids is 1. The molecule has 21 heavy (non-hydrogen) atoms. The fourth-order valence-electron chi connectivity index (χ4n) is 2.79. The molecule has 0 aromatic rings. The molecule has 8 heteroatoms. The molecule has 118 valence electrons. The molecular formula is C13H20N2O5S. The number of likely N-dealkylation sites (tertiary alicyclic amines) is 1. The minimum atomic E-state index is -3.24. The maximum absolute atomic E-state index is 12.2. The number of urea groups is 1. The molecule has 0 spiro atoms. The van der Waals surface area contributed by atoms with E-state index in [1.807, 2.05) is 6.92 Å². The minimum absolute atomic E-state index is 0.165. The Morgan fingerprint density at radius 2 is 2.14 bits per heavy atom. The van der Waals surface area contributed by atoms with Crippen molar-refractivity contribution in [1.82, 2.24) is 10.2 Å². The zero-order valence-electron chi connectivity index (χ0n) is 11.9. The second-order valence-electron chi connectivity index (χ2n) is 5.56. The summed E-state index contributed by atoms with van der Waals surface area (Å²) in [5.41, 5.74) is 0. The maximum atomic E-state index is 12.2. The average molecular weight is 316 g/mol. The lowest BCUT2D eigenvalue weighted by Gasteiger charge is -2.37. The highest BCUT2D eigenvalue weighted by Crippen LogP contribution is 2.25. The van der Waals surface area contributed by atoms with Gasteiger partial charge in [0.2, 0.25) is 0 Å². The van der Waals surface area contributed by atoms with Gasteiger partial charge in [-0.05, 0) is 24.8 Å². The number of nitrogens with zero attached hydrogens (tertiary/aromatic N) is 1. The summed E-state index contributed by atoms with van der Waals surface area (Å²) in [6, 6.07) is -1.93. The van der Waals surface area contributed by atoms with E-state index < -0.39 is 33.9 Å². The number of carboxylic acid groups (broad SMARTS) is 1. The summed E-state index contributed by atoms with van der Waals surface area (Å²) >= 11 is 0. The van der Waals surface area contributed by atoms with Gasteiger partial charge in [-0.15, -0.1) is 0 Å². The number of hydrogen-bond acceptors (Lipinski definition) is 4. The Labute approximate surface area is 123 Å². The Balaban J connectivity index is 2.01. The normalized spacial score (nSPS) is 31.1. The van der Waals surface area contributed by atoms with Crippen LogP contribution in [0.2, 0.25) is 0 Å². The predicted molar refractivity (Wildman–Crippen MR) is 76.4 cm³/mol. The zero-order chi connectivity index (χ0) is 15.6. The Bertz CT molecular complexity index is 557. The van der Waals surface area contributed by atoms with E-state index >= 15 is 0 Å². The number of aliphatic carboxylic acids is 1. The number of sulfone groups is 1. The van der Waals surface area contributed by atoms with Gasteiger partial charge in [0.15, 0.2) is 9.84 Å². The summed E-state index contributed by atoms with van der Waals surface area (Å²) in [7, 11) is -3.24. The first-order valence-electron chi connectivity index (χ1n) is 7.03. The summed E-state index contributed by atoms with van der Waals surface area (Å²) < 4.78 is 22.6. The zero-order valence-corrected chi connectivity index (χ0v) is 12.7. The van der Waals surface area contributed by atoms with Crippen molar-refractivity contribution in [3.05, 3.63) is 11.5 Å².